The predicted octanol–water partition coefficient (Wildman–Crippen LogP) is 2.99. The van der Waals surface area contributed by atoms with Gasteiger partial charge in [-0.2, -0.15) is 9.97 Å². The monoisotopic (exact) mass is 490 g/mol. The molecular weight excluding hydrogens is 456 g/mol. The number of nitrogens with one attached hydrogen (secondary N) is 1. The zero-order valence-electron chi connectivity index (χ0n) is 20.1. The van der Waals surface area contributed by atoms with Gasteiger partial charge in [-0.1, -0.05) is 11.3 Å². The molecule has 10 nitrogen and oxygen atoms in total. The minimum absolute atomic E-state index is 0.255. The average molecular weight is 491 g/mol. The number of aryl methyl sites for hydroxylation is 1. The van der Waals surface area contributed by atoms with Crippen LogP contribution in [0.3, 0.4) is 0 Å². The molecule has 2 aromatic rings. The number of carbonyl (C=O) groups excluding carboxylic acids is 1. The summed E-state index contributed by atoms with van der Waals surface area (Å²) in [6.45, 7) is 7.99. The third-order valence-corrected chi connectivity index (χ3v) is 7.36. The highest BCUT2D eigenvalue weighted by atomic mass is 32.1. The van der Waals surface area contributed by atoms with Crippen molar-refractivity contribution in [2.75, 3.05) is 61.6 Å². The highest BCUT2D eigenvalue weighted by molar-refractivity contribution is 7.17. The van der Waals surface area contributed by atoms with Crippen LogP contribution in [-0.4, -0.2) is 78.6 Å². The number of rotatable bonds is 8. The molecule has 2 aromatic heterocycles. The van der Waals surface area contributed by atoms with E-state index in [0.29, 0.717) is 34.2 Å². The van der Waals surface area contributed by atoms with E-state index in [9.17, 15) is 9.90 Å². The third kappa shape index (κ3) is 5.94. The molecule has 0 radical (unpaired) electrons. The van der Waals surface area contributed by atoms with Crippen LogP contribution in [0.5, 0.6) is 0 Å². The molecular formula is C23H34N6O4S. The van der Waals surface area contributed by atoms with Gasteiger partial charge in [0, 0.05) is 46.0 Å². The largest absolute Gasteiger partial charge is 0.462 e. The summed E-state index contributed by atoms with van der Waals surface area (Å²) < 4.78 is 10.5. The van der Waals surface area contributed by atoms with Gasteiger partial charge in [0.25, 0.3) is 0 Å². The molecule has 4 heterocycles. The van der Waals surface area contributed by atoms with E-state index in [4.69, 9.17) is 19.4 Å². The van der Waals surface area contributed by atoms with Crippen LogP contribution in [0.25, 0.3) is 0 Å². The lowest BCUT2D eigenvalue weighted by molar-refractivity contribution is 0.0531. The summed E-state index contributed by atoms with van der Waals surface area (Å²) in [5, 5.41) is 13.7. The second-order valence-electron chi connectivity index (χ2n) is 8.79. The molecule has 2 fully saturated rings. The quantitative estimate of drug-likeness (QED) is 0.535. The molecule has 4 rings (SSSR count). The number of nitrogens with zero attached hydrogens (tertiary/aromatic N) is 5. The molecule has 0 saturated carbocycles. The fourth-order valence-electron chi connectivity index (χ4n) is 4.39. The lowest BCUT2D eigenvalue weighted by Crippen LogP contribution is -2.38. The first-order valence-electron chi connectivity index (χ1n) is 11.9. The maximum atomic E-state index is 12.2. The Hall–Kier alpha value is -2.50. The van der Waals surface area contributed by atoms with E-state index in [1.807, 2.05) is 6.07 Å². The van der Waals surface area contributed by atoms with E-state index < -0.39 is 0 Å². The summed E-state index contributed by atoms with van der Waals surface area (Å²) in [5.74, 6) is 2.35. The van der Waals surface area contributed by atoms with Crippen LogP contribution in [0.15, 0.2) is 6.07 Å². The number of thiazole rings is 1. The van der Waals surface area contributed by atoms with Crippen LogP contribution in [0, 0.1) is 12.8 Å². The Morgan fingerprint density at radius 1 is 1.12 bits per heavy atom. The van der Waals surface area contributed by atoms with Crippen LogP contribution in [-0.2, 0) is 9.47 Å². The molecule has 2 aliphatic rings. The number of hydrogen-bond acceptors (Lipinski definition) is 11. The van der Waals surface area contributed by atoms with Gasteiger partial charge >= 0.3 is 5.97 Å². The SMILES string of the molecule is CCOC(=O)c1sc(Nc2nc(N3CCC(O)CC3)cc(N3CCC(COC)CC3)n2)nc1C. The number of aliphatic hydroxyl groups excluding tert-OH is 1. The summed E-state index contributed by atoms with van der Waals surface area (Å²) in [5.41, 5.74) is 0.618. The zero-order chi connectivity index (χ0) is 24.1. The Bertz CT molecular complexity index is 970. The van der Waals surface area contributed by atoms with Gasteiger partial charge < -0.3 is 24.4 Å². The van der Waals surface area contributed by atoms with E-state index in [2.05, 4.69) is 20.1 Å². The molecule has 2 aliphatic heterocycles. The molecule has 34 heavy (non-hydrogen) atoms. The molecule has 0 atom stereocenters. The van der Waals surface area contributed by atoms with Crippen molar-refractivity contribution in [3.8, 4) is 0 Å². The third-order valence-electron chi connectivity index (χ3n) is 6.30. The number of ether oxygens (including phenoxy) is 2. The van der Waals surface area contributed by atoms with Gasteiger partial charge in [0.05, 0.1) is 18.4 Å². The minimum atomic E-state index is -0.369. The smallest absolute Gasteiger partial charge is 0.350 e. The van der Waals surface area contributed by atoms with Gasteiger partial charge in [-0.25, -0.2) is 9.78 Å². The molecule has 0 aromatic carbocycles. The van der Waals surface area contributed by atoms with Crippen molar-refractivity contribution in [1.82, 2.24) is 15.0 Å². The van der Waals surface area contributed by atoms with E-state index in [-0.39, 0.29) is 12.1 Å². The number of aliphatic hydroxyl groups is 1. The summed E-state index contributed by atoms with van der Waals surface area (Å²) in [7, 11) is 1.75. The molecule has 0 bridgehead atoms. The number of hydrogen-bond donors (Lipinski definition) is 2. The number of anilines is 4. The minimum Gasteiger partial charge on any atom is -0.462 e. The van der Waals surface area contributed by atoms with Crippen molar-refractivity contribution < 1.29 is 19.4 Å². The Balaban J connectivity index is 1.57. The van der Waals surface area contributed by atoms with Gasteiger partial charge in [0.15, 0.2) is 5.13 Å². The molecule has 11 heteroatoms. The summed E-state index contributed by atoms with van der Waals surface area (Å²) >= 11 is 1.24. The molecule has 0 unspecified atom stereocenters. The van der Waals surface area contributed by atoms with E-state index in [1.165, 1.54) is 11.3 Å². The lowest BCUT2D eigenvalue weighted by atomic mass is 9.98. The highest BCUT2D eigenvalue weighted by Gasteiger charge is 2.24. The number of methoxy groups -OCH3 is 1. The van der Waals surface area contributed by atoms with Crippen molar-refractivity contribution in [3.63, 3.8) is 0 Å². The highest BCUT2D eigenvalue weighted by Crippen LogP contribution is 2.30. The maximum absolute atomic E-state index is 12.2. The maximum Gasteiger partial charge on any atom is 0.350 e. The summed E-state index contributed by atoms with van der Waals surface area (Å²) in [4.78, 5) is 31.2. The van der Waals surface area contributed by atoms with Crippen molar-refractivity contribution in [3.05, 3.63) is 16.6 Å². The van der Waals surface area contributed by atoms with Crippen molar-refractivity contribution in [2.24, 2.45) is 5.92 Å². The summed E-state index contributed by atoms with van der Waals surface area (Å²) in [6.07, 6.45) is 3.30. The number of aromatic nitrogens is 3. The predicted molar refractivity (Wildman–Crippen MR) is 132 cm³/mol. The van der Waals surface area contributed by atoms with Crippen LogP contribution < -0.4 is 15.1 Å². The Labute approximate surface area is 204 Å². The second-order valence-corrected chi connectivity index (χ2v) is 9.79. The summed E-state index contributed by atoms with van der Waals surface area (Å²) in [6, 6.07) is 2.04. The normalized spacial score (nSPS) is 17.8. The topological polar surface area (TPSA) is 113 Å². The van der Waals surface area contributed by atoms with Gasteiger partial charge in [0.1, 0.15) is 16.5 Å². The van der Waals surface area contributed by atoms with Crippen LogP contribution in [0.1, 0.15) is 48.0 Å². The Morgan fingerprint density at radius 2 is 1.74 bits per heavy atom. The number of esters is 1. The van der Waals surface area contributed by atoms with E-state index in [1.54, 1.807) is 21.0 Å². The van der Waals surface area contributed by atoms with Crippen LogP contribution in [0.2, 0.25) is 0 Å². The Kier molecular flexibility index (Phi) is 8.17. The van der Waals surface area contributed by atoms with Gasteiger partial charge in [-0.15, -0.1) is 0 Å². The fraction of sp³-hybridized carbons (Fsp3) is 0.652. The van der Waals surface area contributed by atoms with Crippen LogP contribution in [0.4, 0.5) is 22.7 Å². The zero-order valence-corrected chi connectivity index (χ0v) is 20.9. The van der Waals surface area contributed by atoms with Crippen LogP contribution >= 0.6 is 11.3 Å². The van der Waals surface area contributed by atoms with Gasteiger partial charge in [0.2, 0.25) is 5.95 Å². The molecule has 186 valence electrons. The molecule has 2 saturated heterocycles. The number of piperidine rings is 2. The lowest BCUT2D eigenvalue weighted by Gasteiger charge is -2.34. The average Bonchev–Trinajstić information content (AvgIpc) is 3.20. The standard InChI is InChI=1S/C23H34N6O4S/c1-4-33-21(31)20-15(2)24-23(34-20)27-22-25-18(28-9-5-16(6-10-28)14-32-3)13-19(26-22)29-11-7-17(30)8-12-29/h13,16-17,30H,4-12,14H2,1-3H3,(H,24,25,26,27). The first-order valence-corrected chi connectivity index (χ1v) is 12.8. The van der Waals surface area contributed by atoms with Crippen molar-refractivity contribution >= 4 is 40.0 Å². The number of carbonyl (C=O) groups is 1. The molecule has 0 aliphatic carbocycles. The van der Waals surface area contributed by atoms with Gasteiger partial charge in [-0.3, -0.25) is 5.32 Å². The Morgan fingerprint density at radius 3 is 2.32 bits per heavy atom. The molecule has 0 spiro atoms. The van der Waals surface area contributed by atoms with Crippen molar-refractivity contribution in [2.45, 2.75) is 45.6 Å². The second kappa shape index (κ2) is 11.3. The first-order chi connectivity index (χ1) is 16.5. The first kappa shape index (κ1) is 24.6. The fourth-order valence-corrected chi connectivity index (χ4v) is 5.25. The molecule has 0 amide bonds. The van der Waals surface area contributed by atoms with Gasteiger partial charge in [-0.05, 0) is 45.4 Å². The van der Waals surface area contributed by atoms with E-state index >= 15 is 0 Å². The van der Waals surface area contributed by atoms with E-state index in [0.717, 1.165) is 70.1 Å². The van der Waals surface area contributed by atoms with Crippen molar-refractivity contribution in [1.29, 1.82) is 0 Å². The molecule has 2 N–H and O–H groups in total.